The lowest BCUT2D eigenvalue weighted by molar-refractivity contribution is -0.304. The minimum Gasteiger partial charge on any atom is -0.456 e. The molecule has 48 heavy (non-hydrogen) atoms. The van der Waals surface area contributed by atoms with Gasteiger partial charge in [0.1, 0.15) is 11.7 Å². The Bertz CT molecular complexity index is 925. The molecular weight excluding hydrogens is 620 g/mol. The number of alkyl carbamates (subject to hydrolysis) is 1. The zero-order chi connectivity index (χ0) is 36.0. The van der Waals surface area contributed by atoms with Crippen LogP contribution in [-0.4, -0.2) is 98.0 Å². The van der Waals surface area contributed by atoms with Crippen molar-refractivity contribution in [2.24, 2.45) is 0 Å². The van der Waals surface area contributed by atoms with Gasteiger partial charge in [-0.25, -0.2) is 4.79 Å². The zero-order valence-electron chi connectivity index (χ0n) is 31.1. The number of amides is 1. The second-order valence-electron chi connectivity index (χ2n) is 13.7. The highest BCUT2D eigenvalue weighted by molar-refractivity contribution is 5.68. The van der Waals surface area contributed by atoms with Crippen molar-refractivity contribution in [1.29, 1.82) is 0 Å². The summed E-state index contributed by atoms with van der Waals surface area (Å²) in [6, 6.07) is 0. The van der Waals surface area contributed by atoms with Gasteiger partial charge in [0.25, 0.3) is 0 Å². The molecule has 5 atom stereocenters. The monoisotopic (exact) mass is 686 g/mol. The first-order valence-electron chi connectivity index (χ1n) is 18.2. The van der Waals surface area contributed by atoms with E-state index in [4.69, 9.17) is 28.4 Å². The number of carbonyl (C=O) groups excluding carboxylic acids is 4. The van der Waals surface area contributed by atoms with Crippen LogP contribution in [-0.2, 0) is 42.8 Å². The molecule has 12 nitrogen and oxygen atoms in total. The minimum atomic E-state index is -1.11. The summed E-state index contributed by atoms with van der Waals surface area (Å²) in [7, 11) is 0. The van der Waals surface area contributed by atoms with Crippen molar-refractivity contribution in [2.75, 3.05) is 32.8 Å². The molecule has 0 aliphatic carbocycles. The van der Waals surface area contributed by atoms with E-state index in [0.717, 1.165) is 32.5 Å². The molecule has 0 bridgehead atoms. The lowest BCUT2D eigenvalue weighted by atomic mass is 9.96. The van der Waals surface area contributed by atoms with Crippen LogP contribution in [0.5, 0.6) is 0 Å². The Hall–Kier alpha value is -2.44. The Balaban J connectivity index is 2.75. The SMILES string of the molecule is CCCCCCCCCCCCN(CCCNC(=O)OC(C)(C)C)CCCOC1OC(CC)C(OC(C)=O)C(OC(C)=O)C1OC(C)=O. The Morgan fingerprint density at radius 2 is 1.17 bits per heavy atom. The first-order valence-corrected chi connectivity index (χ1v) is 18.2. The molecule has 1 heterocycles. The number of hydrogen-bond donors (Lipinski definition) is 1. The summed E-state index contributed by atoms with van der Waals surface area (Å²) >= 11 is 0. The lowest BCUT2D eigenvalue weighted by Crippen LogP contribution is -2.61. The summed E-state index contributed by atoms with van der Waals surface area (Å²) in [4.78, 5) is 50.4. The second-order valence-corrected chi connectivity index (χ2v) is 13.7. The van der Waals surface area contributed by atoms with Crippen LogP contribution in [0.15, 0.2) is 0 Å². The molecule has 1 fully saturated rings. The molecule has 0 saturated carbocycles. The van der Waals surface area contributed by atoms with Crippen molar-refractivity contribution >= 4 is 24.0 Å². The maximum absolute atomic E-state index is 12.1. The van der Waals surface area contributed by atoms with E-state index in [1.165, 1.54) is 78.6 Å². The summed E-state index contributed by atoms with van der Waals surface area (Å²) in [5.74, 6) is -1.77. The van der Waals surface area contributed by atoms with Gasteiger partial charge in [-0.3, -0.25) is 14.4 Å². The summed E-state index contributed by atoms with van der Waals surface area (Å²) in [5, 5.41) is 2.84. The van der Waals surface area contributed by atoms with Gasteiger partial charge < -0.3 is 38.6 Å². The third kappa shape index (κ3) is 20.2. The van der Waals surface area contributed by atoms with Gasteiger partial charge in [0.05, 0.1) is 6.61 Å². The number of ether oxygens (including phenoxy) is 6. The second kappa shape index (κ2) is 24.7. The topological polar surface area (TPSA) is 139 Å². The molecule has 1 amide bonds. The van der Waals surface area contributed by atoms with Crippen LogP contribution in [0.3, 0.4) is 0 Å². The van der Waals surface area contributed by atoms with Gasteiger partial charge in [-0.05, 0) is 59.5 Å². The van der Waals surface area contributed by atoms with Crippen LogP contribution in [0, 0.1) is 0 Å². The summed E-state index contributed by atoms with van der Waals surface area (Å²) < 4.78 is 34.1. The first kappa shape index (κ1) is 43.6. The summed E-state index contributed by atoms with van der Waals surface area (Å²) in [6.07, 6.45) is 9.40. The Labute approximate surface area is 289 Å². The smallest absolute Gasteiger partial charge is 0.407 e. The van der Waals surface area contributed by atoms with Gasteiger partial charge in [-0.1, -0.05) is 71.6 Å². The van der Waals surface area contributed by atoms with Crippen LogP contribution in [0.2, 0.25) is 0 Å². The van der Waals surface area contributed by atoms with Crippen LogP contribution in [0.4, 0.5) is 4.79 Å². The molecule has 280 valence electrons. The molecule has 0 aromatic carbocycles. The number of nitrogens with zero attached hydrogens (tertiary/aromatic N) is 1. The van der Waals surface area contributed by atoms with Gasteiger partial charge in [-0.15, -0.1) is 0 Å². The number of unbranched alkanes of at least 4 members (excludes halogenated alkanes) is 9. The van der Waals surface area contributed by atoms with Crippen molar-refractivity contribution in [2.45, 2.75) is 175 Å². The van der Waals surface area contributed by atoms with Crippen molar-refractivity contribution < 1.29 is 47.6 Å². The molecule has 1 aliphatic rings. The predicted octanol–water partition coefficient (Wildman–Crippen LogP) is 6.46. The molecule has 12 heteroatoms. The molecule has 1 aliphatic heterocycles. The number of hydrogen-bond acceptors (Lipinski definition) is 11. The number of rotatable bonds is 24. The van der Waals surface area contributed by atoms with Crippen LogP contribution in [0.25, 0.3) is 0 Å². The standard InChI is InChI=1S/C36H66N2O10/c1-9-11-12-13-14-15-16-17-18-19-23-38(24-20-22-37-35(42)48-36(6,7)8)25-21-26-43-34-33(46-29(5)41)32(45-28(4)40)31(44-27(3)39)30(10-2)47-34/h30-34H,9-26H2,1-8H3,(H,37,42). The molecule has 1 saturated heterocycles. The fraction of sp³-hybridized carbons (Fsp3) is 0.889. The fourth-order valence-electron chi connectivity index (χ4n) is 5.77. The molecule has 0 spiro atoms. The fourth-order valence-corrected chi connectivity index (χ4v) is 5.77. The van der Waals surface area contributed by atoms with E-state index in [2.05, 4.69) is 17.1 Å². The van der Waals surface area contributed by atoms with E-state index in [0.29, 0.717) is 26.0 Å². The number of esters is 3. The minimum absolute atomic E-state index is 0.300. The molecule has 5 unspecified atom stereocenters. The van der Waals surface area contributed by atoms with Crippen LogP contribution in [0.1, 0.15) is 139 Å². The van der Waals surface area contributed by atoms with Gasteiger partial charge in [0.15, 0.2) is 24.6 Å². The number of nitrogens with one attached hydrogen (secondary N) is 1. The van der Waals surface area contributed by atoms with E-state index in [-0.39, 0.29) is 0 Å². The molecule has 0 radical (unpaired) electrons. The largest absolute Gasteiger partial charge is 0.456 e. The van der Waals surface area contributed by atoms with E-state index in [1.54, 1.807) is 0 Å². The maximum atomic E-state index is 12.1. The first-order chi connectivity index (χ1) is 22.8. The predicted molar refractivity (Wildman–Crippen MR) is 183 cm³/mol. The van der Waals surface area contributed by atoms with Gasteiger partial charge >= 0.3 is 24.0 Å². The van der Waals surface area contributed by atoms with Crippen molar-refractivity contribution in [3.05, 3.63) is 0 Å². The van der Waals surface area contributed by atoms with E-state index in [1.807, 2.05) is 27.7 Å². The lowest BCUT2D eigenvalue weighted by Gasteiger charge is -2.44. The highest BCUT2D eigenvalue weighted by Gasteiger charge is 2.51. The van der Waals surface area contributed by atoms with Crippen LogP contribution >= 0.6 is 0 Å². The Morgan fingerprint density at radius 1 is 0.667 bits per heavy atom. The van der Waals surface area contributed by atoms with Gasteiger partial charge in [-0.2, -0.15) is 0 Å². The Morgan fingerprint density at radius 3 is 1.71 bits per heavy atom. The van der Waals surface area contributed by atoms with E-state index in [9.17, 15) is 19.2 Å². The van der Waals surface area contributed by atoms with Crippen molar-refractivity contribution in [3.63, 3.8) is 0 Å². The molecule has 0 aromatic heterocycles. The average Bonchev–Trinajstić information content (AvgIpc) is 2.98. The van der Waals surface area contributed by atoms with E-state index >= 15 is 0 Å². The maximum Gasteiger partial charge on any atom is 0.407 e. The van der Waals surface area contributed by atoms with Crippen LogP contribution < -0.4 is 5.32 Å². The third-order valence-corrected chi connectivity index (χ3v) is 7.95. The number of carbonyl (C=O) groups is 4. The molecule has 1 rings (SSSR count). The molecule has 1 N–H and O–H groups in total. The Kier molecular flexibility index (Phi) is 22.4. The van der Waals surface area contributed by atoms with Gasteiger partial charge in [0.2, 0.25) is 0 Å². The molecular formula is C36H66N2O10. The van der Waals surface area contributed by atoms with Crippen molar-refractivity contribution in [3.8, 4) is 0 Å². The normalized spacial score (nSPS) is 21.1. The quantitative estimate of drug-likeness (QED) is 0.0680. The highest BCUT2D eigenvalue weighted by atomic mass is 16.7. The molecule has 0 aromatic rings. The third-order valence-electron chi connectivity index (χ3n) is 7.95. The average molecular weight is 687 g/mol. The van der Waals surface area contributed by atoms with Gasteiger partial charge in [0, 0.05) is 33.9 Å². The summed E-state index contributed by atoms with van der Waals surface area (Å²) in [6.45, 7) is 16.7. The zero-order valence-corrected chi connectivity index (χ0v) is 31.1. The van der Waals surface area contributed by atoms with E-state index < -0.39 is 60.3 Å². The highest BCUT2D eigenvalue weighted by Crippen LogP contribution is 2.31. The van der Waals surface area contributed by atoms with Crippen molar-refractivity contribution in [1.82, 2.24) is 10.2 Å². The summed E-state index contributed by atoms with van der Waals surface area (Å²) in [5.41, 5.74) is -0.543.